The summed E-state index contributed by atoms with van der Waals surface area (Å²) in [5.74, 6) is -0.744. The second kappa shape index (κ2) is 12.0. The first-order valence-corrected chi connectivity index (χ1v) is 13.1. The van der Waals surface area contributed by atoms with E-state index in [9.17, 15) is 14.4 Å². The molecule has 1 aliphatic heterocycles. The summed E-state index contributed by atoms with van der Waals surface area (Å²) in [5, 5.41) is 3.72. The molecule has 3 aromatic carbocycles. The fourth-order valence-electron chi connectivity index (χ4n) is 3.83. The zero-order valence-corrected chi connectivity index (χ0v) is 23.1. The van der Waals surface area contributed by atoms with Gasteiger partial charge in [-0.3, -0.25) is 14.4 Å². The molecule has 1 heterocycles. The zero-order chi connectivity index (χ0) is 26.5. The monoisotopic (exact) mass is 603 g/mol. The highest BCUT2D eigenvalue weighted by Crippen LogP contribution is 2.30. The van der Waals surface area contributed by atoms with Crippen molar-refractivity contribution in [1.82, 2.24) is 15.1 Å². The smallest absolute Gasteiger partial charge is 0.312 e. The average Bonchev–Trinajstić information content (AvgIpc) is 2.87. The predicted octanol–water partition coefficient (Wildman–Crippen LogP) is 5.34. The van der Waals surface area contributed by atoms with E-state index < -0.39 is 11.8 Å². The molecule has 1 N–H and O–H groups in total. The number of halogens is 3. The molecule has 37 heavy (non-hydrogen) atoms. The average molecular weight is 605 g/mol. The van der Waals surface area contributed by atoms with Crippen LogP contribution < -0.4 is 10.1 Å². The van der Waals surface area contributed by atoms with Gasteiger partial charge in [0.15, 0.2) is 0 Å². The van der Waals surface area contributed by atoms with Gasteiger partial charge in [0.25, 0.3) is 0 Å². The molecule has 1 saturated heterocycles. The number of hydrogen-bond donors (Lipinski definition) is 1. The number of nitrogens with one attached hydrogen (secondary N) is 1. The summed E-state index contributed by atoms with van der Waals surface area (Å²) >= 11 is 15.6. The van der Waals surface area contributed by atoms with E-state index in [4.69, 9.17) is 27.9 Å². The third-order valence-corrected chi connectivity index (χ3v) is 7.10. The molecule has 0 unspecified atom stereocenters. The van der Waals surface area contributed by atoms with Gasteiger partial charge in [0, 0.05) is 46.3 Å². The normalized spacial score (nSPS) is 13.5. The Morgan fingerprint density at radius 3 is 2.49 bits per heavy atom. The van der Waals surface area contributed by atoms with Gasteiger partial charge in [0.1, 0.15) is 18.0 Å². The summed E-state index contributed by atoms with van der Waals surface area (Å²) < 4.78 is 6.93. The molecule has 3 amide bonds. The Bertz CT molecular complexity index is 1330. The fraction of sp³-hybridized carbons (Fsp3) is 0.222. The quantitative estimate of drug-likeness (QED) is 0.385. The Morgan fingerprint density at radius 1 is 1.03 bits per heavy atom. The highest BCUT2D eigenvalue weighted by molar-refractivity contribution is 9.10. The second-order valence-electron chi connectivity index (χ2n) is 8.62. The number of hydrogen-bond acceptors (Lipinski definition) is 4. The van der Waals surface area contributed by atoms with Crippen LogP contribution in [0.3, 0.4) is 0 Å². The number of piperazine rings is 1. The number of ether oxygens (including phenoxy) is 1. The summed E-state index contributed by atoms with van der Waals surface area (Å²) in [6.45, 7) is 2.84. The SMILES string of the molecule is Cc1cc(Oc2cc(Cl)ccc2CNC(=O)C(=O)N2CCN(Cc3ccc(Br)cc3)C(=O)C2)ccc1Cl. The molecule has 0 spiro atoms. The number of rotatable bonds is 6. The molecule has 10 heteroatoms. The lowest BCUT2D eigenvalue weighted by molar-refractivity contribution is -0.151. The van der Waals surface area contributed by atoms with Crippen LogP contribution in [0.1, 0.15) is 16.7 Å². The van der Waals surface area contributed by atoms with Crippen molar-refractivity contribution < 1.29 is 19.1 Å². The van der Waals surface area contributed by atoms with Gasteiger partial charge in [0.05, 0.1) is 0 Å². The Morgan fingerprint density at radius 2 is 1.78 bits per heavy atom. The summed E-state index contributed by atoms with van der Waals surface area (Å²) in [4.78, 5) is 41.0. The van der Waals surface area contributed by atoms with Gasteiger partial charge in [-0.2, -0.15) is 0 Å². The van der Waals surface area contributed by atoms with E-state index in [1.165, 1.54) is 4.90 Å². The molecular weight excluding hydrogens is 581 g/mol. The molecule has 0 radical (unpaired) electrons. The molecule has 0 aliphatic carbocycles. The summed E-state index contributed by atoms with van der Waals surface area (Å²) in [5.41, 5.74) is 2.48. The first-order valence-electron chi connectivity index (χ1n) is 11.5. The van der Waals surface area contributed by atoms with Crippen LogP contribution in [0.15, 0.2) is 65.1 Å². The van der Waals surface area contributed by atoms with Crippen LogP contribution in [0.2, 0.25) is 10.0 Å². The van der Waals surface area contributed by atoms with Crippen molar-refractivity contribution >= 4 is 56.9 Å². The molecule has 192 valence electrons. The number of aryl methyl sites for hydroxylation is 1. The minimum absolute atomic E-state index is 0.0428. The van der Waals surface area contributed by atoms with Gasteiger partial charge in [-0.25, -0.2) is 0 Å². The topological polar surface area (TPSA) is 79.0 Å². The van der Waals surface area contributed by atoms with Gasteiger partial charge < -0.3 is 19.9 Å². The van der Waals surface area contributed by atoms with E-state index >= 15 is 0 Å². The largest absolute Gasteiger partial charge is 0.457 e. The maximum atomic E-state index is 12.7. The van der Waals surface area contributed by atoms with Crippen molar-refractivity contribution in [3.8, 4) is 11.5 Å². The van der Waals surface area contributed by atoms with Crippen LogP contribution in [0.4, 0.5) is 0 Å². The number of carbonyl (C=O) groups is 3. The summed E-state index contributed by atoms with van der Waals surface area (Å²) in [6.07, 6.45) is 0. The Kier molecular flexibility index (Phi) is 8.74. The molecule has 4 rings (SSSR count). The van der Waals surface area contributed by atoms with Crippen LogP contribution >= 0.6 is 39.1 Å². The first-order chi connectivity index (χ1) is 17.7. The van der Waals surface area contributed by atoms with Crippen molar-refractivity contribution in [2.75, 3.05) is 19.6 Å². The lowest BCUT2D eigenvalue weighted by atomic mass is 10.2. The Labute approximate surface area is 233 Å². The first kappa shape index (κ1) is 27.0. The molecule has 1 aliphatic rings. The minimum atomic E-state index is -0.794. The van der Waals surface area contributed by atoms with Crippen molar-refractivity contribution in [3.05, 3.63) is 91.9 Å². The molecular formula is C27H24BrCl2N3O4. The second-order valence-corrected chi connectivity index (χ2v) is 10.4. The van der Waals surface area contributed by atoms with Crippen molar-refractivity contribution in [3.63, 3.8) is 0 Å². The van der Waals surface area contributed by atoms with Crippen LogP contribution in [-0.4, -0.2) is 47.2 Å². The molecule has 0 saturated carbocycles. The predicted molar refractivity (Wildman–Crippen MR) is 146 cm³/mol. The van der Waals surface area contributed by atoms with E-state index in [0.717, 1.165) is 15.6 Å². The minimum Gasteiger partial charge on any atom is -0.457 e. The highest BCUT2D eigenvalue weighted by Gasteiger charge is 2.30. The molecule has 0 bridgehead atoms. The summed E-state index contributed by atoms with van der Waals surface area (Å²) in [6, 6.07) is 18.0. The van der Waals surface area contributed by atoms with Crippen molar-refractivity contribution in [1.29, 1.82) is 0 Å². The Hall–Kier alpha value is -3.07. The van der Waals surface area contributed by atoms with Gasteiger partial charge in [-0.05, 0) is 60.5 Å². The lowest BCUT2D eigenvalue weighted by Gasteiger charge is -2.34. The fourth-order valence-corrected chi connectivity index (χ4v) is 4.38. The number of carbonyl (C=O) groups excluding carboxylic acids is 3. The van der Waals surface area contributed by atoms with Gasteiger partial charge in [-0.15, -0.1) is 0 Å². The van der Waals surface area contributed by atoms with Gasteiger partial charge in [-0.1, -0.05) is 57.3 Å². The summed E-state index contributed by atoms with van der Waals surface area (Å²) in [7, 11) is 0. The molecule has 1 fully saturated rings. The van der Waals surface area contributed by atoms with Gasteiger partial charge >= 0.3 is 11.8 Å². The van der Waals surface area contributed by atoms with E-state index in [1.807, 2.05) is 31.2 Å². The van der Waals surface area contributed by atoms with Crippen LogP contribution in [0.5, 0.6) is 11.5 Å². The molecule has 7 nitrogen and oxygen atoms in total. The van der Waals surface area contributed by atoms with E-state index in [2.05, 4.69) is 21.2 Å². The third-order valence-electron chi connectivity index (χ3n) is 5.91. The zero-order valence-electron chi connectivity index (χ0n) is 20.0. The molecule has 0 aromatic heterocycles. The van der Waals surface area contributed by atoms with Crippen molar-refractivity contribution in [2.24, 2.45) is 0 Å². The third kappa shape index (κ3) is 7.03. The lowest BCUT2D eigenvalue weighted by Crippen LogP contribution is -2.54. The highest BCUT2D eigenvalue weighted by atomic mass is 79.9. The van der Waals surface area contributed by atoms with Crippen LogP contribution in [-0.2, 0) is 27.5 Å². The van der Waals surface area contributed by atoms with E-state index in [-0.39, 0.29) is 25.5 Å². The number of nitrogens with zero attached hydrogens (tertiary/aromatic N) is 2. The number of amides is 3. The number of benzene rings is 3. The molecule has 3 aromatic rings. The maximum Gasteiger partial charge on any atom is 0.312 e. The van der Waals surface area contributed by atoms with E-state index in [0.29, 0.717) is 40.2 Å². The van der Waals surface area contributed by atoms with E-state index in [1.54, 1.807) is 41.3 Å². The van der Waals surface area contributed by atoms with Crippen LogP contribution in [0, 0.1) is 6.92 Å². The standard InChI is InChI=1S/C27H24BrCl2N3O4/c1-17-12-22(8-9-23(17)30)37-24-13-21(29)7-4-19(24)14-31-26(35)27(36)33-11-10-32(25(34)16-33)15-18-2-5-20(28)6-3-18/h2-9,12-13H,10-11,14-16H2,1H3,(H,31,35). The Balaban J connectivity index is 1.34. The van der Waals surface area contributed by atoms with Gasteiger partial charge in [0.2, 0.25) is 5.91 Å². The maximum absolute atomic E-state index is 12.7. The van der Waals surface area contributed by atoms with Crippen molar-refractivity contribution in [2.45, 2.75) is 20.0 Å². The molecule has 0 atom stereocenters. The van der Waals surface area contributed by atoms with Crippen LogP contribution in [0.25, 0.3) is 0 Å².